The summed E-state index contributed by atoms with van der Waals surface area (Å²) >= 11 is 5.87. The van der Waals surface area contributed by atoms with Gasteiger partial charge < -0.3 is 14.6 Å². The number of carbonyl (C=O) groups excluding carboxylic acids is 1. The van der Waals surface area contributed by atoms with E-state index in [9.17, 15) is 4.79 Å². The van der Waals surface area contributed by atoms with Gasteiger partial charge in [0.05, 0.1) is 12.6 Å². The molecule has 1 atom stereocenters. The van der Waals surface area contributed by atoms with Crippen LogP contribution in [0.3, 0.4) is 0 Å². The van der Waals surface area contributed by atoms with Crippen LogP contribution in [0, 0.1) is 6.92 Å². The van der Waals surface area contributed by atoms with Crippen LogP contribution in [-0.4, -0.2) is 30.3 Å². The number of hydrogen-bond acceptors (Lipinski definition) is 4. The summed E-state index contributed by atoms with van der Waals surface area (Å²) < 4.78 is 10.6. The molecule has 110 valence electrons. The molecule has 0 spiro atoms. The molecule has 1 amide bonds. The molecule has 1 N–H and O–H groups in total. The summed E-state index contributed by atoms with van der Waals surface area (Å²) in [6.45, 7) is 3.05. The van der Waals surface area contributed by atoms with Crippen LogP contribution in [0.4, 0.5) is 0 Å². The van der Waals surface area contributed by atoms with E-state index in [0.29, 0.717) is 35.3 Å². The quantitative estimate of drug-likeness (QED) is 0.947. The molecule has 0 radical (unpaired) electrons. The van der Waals surface area contributed by atoms with Gasteiger partial charge in [-0.05, 0) is 37.6 Å². The molecular formula is C15H15ClN2O3. The fourth-order valence-electron chi connectivity index (χ4n) is 2.32. The number of nitrogens with zero attached hydrogens (tertiary/aromatic N) is 1. The van der Waals surface area contributed by atoms with Gasteiger partial charge in [0.25, 0.3) is 5.91 Å². The zero-order chi connectivity index (χ0) is 14.8. The minimum Gasteiger partial charge on any atom is -0.379 e. The zero-order valence-electron chi connectivity index (χ0n) is 11.6. The van der Waals surface area contributed by atoms with Crippen LogP contribution in [-0.2, 0) is 4.74 Å². The van der Waals surface area contributed by atoms with Gasteiger partial charge in [-0.25, -0.2) is 0 Å². The van der Waals surface area contributed by atoms with Crippen molar-refractivity contribution < 1.29 is 14.1 Å². The number of amides is 1. The van der Waals surface area contributed by atoms with Crippen LogP contribution in [0.1, 0.15) is 22.5 Å². The highest BCUT2D eigenvalue weighted by Gasteiger charge is 2.24. The van der Waals surface area contributed by atoms with Crippen molar-refractivity contribution in [3.8, 4) is 11.3 Å². The summed E-state index contributed by atoms with van der Waals surface area (Å²) in [6.07, 6.45) is 0.826. The first-order valence-electron chi connectivity index (χ1n) is 6.76. The van der Waals surface area contributed by atoms with Crippen molar-refractivity contribution in [3.05, 3.63) is 40.5 Å². The Morgan fingerprint density at radius 3 is 2.81 bits per heavy atom. The van der Waals surface area contributed by atoms with Crippen LogP contribution < -0.4 is 5.32 Å². The first kappa shape index (κ1) is 14.1. The summed E-state index contributed by atoms with van der Waals surface area (Å²) in [5.41, 5.74) is 1.87. The van der Waals surface area contributed by atoms with E-state index in [1.165, 1.54) is 0 Å². The van der Waals surface area contributed by atoms with Gasteiger partial charge in [-0.2, -0.15) is 0 Å². The Morgan fingerprint density at radius 2 is 2.14 bits per heavy atom. The Kier molecular flexibility index (Phi) is 3.94. The van der Waals surface area contributed by atoms with E-state index in [1.807, 2.05) is 19.1 Å². The van der Waals surface area contributed by atoms with Gasteiger partial charge in [-0.1, -0.05) is 16.8 Å². The molecule has 1 saturated heterocycles. The smallest absolute Gasteiger partial charge is 0.274 e. The van der Waals surface area contributed by atoms with E-state index in [4.69, 9.17) is 20.9 Å². The second kappa shape index (κ2) is 5.87. The Hall–Kier alpha value is -1.85. The van der Waals surface area contributed by atoms with Crippen LogP contribution >= 0.6 is 11.6 Å². The third-order valence-corrected chi connectivity index (χ3v) is 3.76. The number of halogens is 1. The van der Waals surface area contributed by atoms with Crippen LogP contribution in [0.2, 0.25) is 5.02 Å². The van der Waals surface area contributed by atoms with E-state index in [1.54, 1.807) is 12.1 Å². The lowest BCUT2D eigenvalue weighted by atomic mass is 10.1. The minimum atomic E-state index is -0.230. The fraction of sp³-hybridized carbons (Fsp3) is 0.333. The van der Waals surface area contributed by atoms with E-state index in [2.05, 4.69) is 10.5 Å². The maximum atomic E-state index is 12.2. The molecule has 0 bridgehead atoms. The maximum absolute atomic E-state index is 12.2. The minimum absolute atomic E-state index is 0.0487. The molecule has 0 saturated carbocycles. The van der Waals surface area contributed by atoms with Crippen molar-refractivity contribution in [1.29, 1.82) is 0 Å². The lowest BCUT2D eigenvalue weighted by Crippen LogP contribution is -2.35. The second-order valence-electron chi connectivity index (χ2n) is 5.03. The third kappa shape index (κ3) is 2.94. The third-order valence-electron chi connectivity index (χ3n) is 3.51. The highest BCUT2D eigenvalue weighted by Crippen LogP contribution is 2.27. The maximum Gasteiger partial charge on any atom is 0.274 e. The molecule has 1 aliphatic heterocycles. The van der Waals surface area contributed by atoms with Crippen LogP contribution in [0.5, 0.6) is 0 Å². The first-order chi connectivity index (χ1) is 10.1. The lowest BCUT2D eigenvalue weighted by molar-refractivity contribution is 0.0920. The second-order valence-corrected chi connectivity index (χ2v) is 5.46. The average molecular weight is 307 g/mol. The molecule has 3 rings (SSSR count). The number of hydrogen-bond donors (Lipinski definition) is 1. The van der Waals surface area contributed by atoms with Gasteiger partial charge in [0, 0.05) is 22.8 Å². The summed E-state index contributed by atoms with van der Waals surface area (Å²) in [5, 5.41) is 7.45. The first-order valence-corrected chi connectivity index (χ1v) is 7.14. The summed E-state index contributed by atoms with van der Waals surface area (Å²) in [4.78, 5) is 12.2. The Bertz CT molecular complexity index is 645. The van der Waals surface area contributed by atoms with Crippen molar-refractivity contribution in [2.75, 3.05) is 13.2 Å². The van der Waals surface area contributed by atoms with Gasteiger partial charge >= 0.3 is 0 Å². The highest BCUT2D eigenvalue weighted by atomic mass is 35.5. The van der Waals surface area contributed by atoms with Gasteiger partial charge in [0.2, 0.25) is 0 Å². The SMILES string of the molecule is Cc1c(C(=O)NC2CCOC2)noc1-c1ccc(Cl)cc1. The summed E-state index contributed by atoms with van der Waals surface area (Å²) in [6, 6.07) is 7.26. The van der Waals surface area contributed by atoms with Crippen molar-refractivity contribution >= 4 is 17.5 Å². The predicted octanol–water partition coefficient (Wildman–Crippen LogP) is 2.82. The monoisotopic (exact) mass is 306 g/mol. The Balaban J connectivity index is 1.81. The zero-order valence-corrected chi connectivity index (χ0v) is 12.3. The van der Waals surface area contributed by atoms with Crippen LogP contribution in [0.25, 0.3) is 11.3 Å². The molecule has 5 nitrogen and oxygen atoms in total. The molecule has 1 unspecified atom stereocenters. The molecular weight excluding hydrogens is 292 g/mol. The molecule has 1 aromatic heterocycles. The number of nitrogens with one attached hydrogen (secondary N) is 1. The Labute approximate surface area is 127 Å². The molecule has 6 heteroatoms. The van der Waals surface area contributed by atoms with Crippen LogP contribution in [0.15, 0.2) is 28.8 Å². The van der Waals surface area contributed by atoms with E-state index in [-0.39, 0.29) is 11.9 Å². The molecule has 0 aliphatic carbocycles. The fourth-order valence-corrected chi connectivity index (χ4v) is 2.45. The molecule has 21 heavy (non-hydrogen) atoms. The summed E-state index contributed by atoms with van der Waals surface area (Å²) in [5.74, 6) is 0.353. The molecule has 2 heterocycles. The standard InChI is InChI=1S/C15H15ClN2O3/c1-9-13(15(19)17-12-6-7-20-8-12)18-21-14(9)10-2-4-11(16)5-3-10/h2-5,12H,6-8H2,1H3,(H,17,19). The van der Waals surface area contributed by atoms with Crippen molar-refractivity contribution in [3.63, 3.8) is 0 Å². The molecule has 1 fully saturated rings. The lowest BCUT2D eigenvalue weighted by Gasteiger charge is -2.08. The van der Waals surface area contributed by atoms with Gasteiger partial charge in [0.1, 0.15) is 0 Å². The van der Waals surface area contributed by atoms with Crippen molar-refractivity contribution in [1.82, 2.24) is 10.5 Å². The summed E-state index contributed by atoms with van der Waals surface area (Å²) in [7, 11) is 0. The van der Waals surface area contributed by atoms with E-state index in [0.717, 1.165) is 12.0 Å². The van der Waals surface area contributed by atoms with E-state index >= 15 is 0 Å². The number of rotatable bonds is 3. The molecule has 1 aromatic carbocycles. The number of ether oxygens (including phenoxy) is 1. The number of benzene rings is 1. The predicted molar refractivity (Wildman–Crippen MR) is 78.4 cm³/mol. The van der Waals surface area contributed by atoms with Gasteiger partial charge in [-0.3, -0.25) is 4.79 Å². The number of carbonyl (C=O) groups is 1. The normalized spacial score (nSPS) is 17.9. The average Bonchev–Trinajstić information content (AvgIpc) is 3.09. The van der Waals surface area contributed by atoms with Gasteiger partial charge in [0.15, 0.2) is 11.5 Å². The molecule has 1 aliphatic rings. The topological polar surface area (TPSA) is 64.4 Å². The van der Waals surface area contributed by atoms with Crippen molar-refractivity contribution in [2.24, 2.45) is 0 Å². The van der Waals surface area contributed by atoms with Gasteiger partial charge in [-0.15, -0.1) is 0 Å². The van der Waals surface area contributed by atoms with Crippen molar-refractivity contribution in [2.45, 2.75) is 19.4 Å². The number of aromatic nitrogens is 1. The Morgan fingerprint density at radius 1 is 1.38 bits per heavy atom. The van der Waals surface area contributed by atoms with E-state index < -0.39 is 0 Å². The highest BCUT2D eigenvalue weighted by molar-refractivity contribution is 6.30. The molecule has 2 aromatic rings. The largest absolute Gasteiger partial charge is 0.379 e.